The third kappa shape index (κ3) is 4.83. The van der Waals surface area contributed by atoms with E-state index in [2.05, 4.69) is 34.5 Å². The number of rotatable bonds is 6. The lowest BCUT2D eigenvalue weighted by molar-refractivity contribution is -0.125. The summed E-state index contributed by atoms with van der Waals surface area (Å²) in [5.74, 6) is -0.132. The van der Waals surface area contributed by atoms with Gasteiger partial charge in [-0.2, -0.15) is 0 Å². The molecule has 1 amide bonds. The van der Waals surface area contributed by atoms with Crippen LogP contribution in [0, 0.1) is 5.92 Å². The first-order chi connectivity index (χ1) is 10.1. The monoisotopic (exact) mass is 289 g/mol. The van der Waals surface area contributed by atoms with Crippen LogP contribution in [0.25, 0.3) is 0 Å². The number of carbonyl (C=O) groups excluding carboxylic acids is 1. The van der Waals surface area contributed by atoms with Gasteiger partial charge in [-0.1, -0.05) is 31.2 Å². The zero-order chi connectivity index (χ0) is 15.2. The molecule has 21 heavy (non-hydrogen) atoms. The Kier molecular flexibility index (Phi) is 5.76. The Morgan fingerprint density at radius 1 is 1.29 bits per heavy atom. The SMILES string of the molecule is CC(N)C(C)C(=O)NCc1cccc(CN2CCCC2)c1. The number of carbonyl (C=O) groups is 1. The van der Waals surface area contributed by atoms with Crippen molar-refractivity contribution >= 4 is 5.91 Å². The van der Waals surface area contributed by atoms with Crippen LogP contribution in [-0.2, 0) is 17.9 Å². The van der Waals surface area contributed by atoms with Crippen molar-refractivity contribution in [1.29, 1.82) is 0 Å². The standard InChI is InChI=1S/C17H27N3O/c1-13(14(2)18)17(21)19-11-15-6-5-7-16(10-15)12-20-8-3-4-9-20/h5-7,10,13-14H,3-4,8-9,11-12,18H2,1-2H3,(H,19,21). The number of likely N-dealkylation sites (tertiary alicyclic amines) is 1. The number of nitrogens with zero attached hydrogens (tertiary/aromatic N) is 1. The summed E-state index contributed by atoms with van der Waals surface area (Å²) < 4.78 is 0. The van der Waals surface area contributed by atoms with E-state index in [1.165, 1.54) is 31.5 Å². The molecule has 0 aliphatic carbocycles. The quantitative estimate of drug-likeness (QED) is 0.840. The molecule has 4 nitrogen and oxygen atoms in total. The zero-order valence-electron chi connectivity index (χ0n) is 13.1. The second-order valence-corrected chi connectivity index (χ2v) is 6.17. The van der Waals surface area contributed by atoms with Crippen LogP contribution >= 0.6 is 0 Å². The van der Waals surface area contributed by atoms with Crippen LogP contribution in [0.5, 0.6) is 0 Å². The van der Waals surface area contributed by atoms with Gasteiger partial charge in [0.15, 0.2) is 0 Å². The number of hydrogen-bond donors (Lipinski definition) is 2. The molecule has 2 atom stereocenters. The van der Waals surface area contributed by atoms with Gasteiger partial charge in [0.05, 0.1) is 0 Å². The average Bonchev–Trinajstić information content (AvgIpc) is 2.97. The van der Waals surface area contributed by atoms with Gasteiger partial charge in [0.2, 0.25) is 5.91 Å². The first-order valence-electron chi connectivity index (χ1n) is 7.89. The van der Waals surface area contributed by atoms with Crippen LogP contribution in [0.3, 0.4) is 0 Å². The molecule has 1 fully saturated rings. The molecule has 1 saturated heterocycles. The van der Waals surface area contributed by atoms with E-state index in [1.807, 2.05) is 13.8 Å². The summed E-state index contributed by atoms with van der Waals surface area (Å²) in [6.07, 6.45) is 2.62. The van der Waals surface area contributed by atoms with Gasteiger partial charge in [-0.05, 0) is 44.0 Å². The maximum Gasteiger partial charge on any atom is 0.224 e. The molecule has 0 saturated carbocycles. The van der Waals surface area contributed by atoms with Crippen LogP contribution < -0.4 is 11.1 Å². The number of benzene rings is 1. The second-order valence-electron chi connectivity index (χ2n) is 6.17. The van der Waals surface area contributed by atoms with Crippen molar-refractivity contribution in [2.45, 2.75) is 45.8 Å². The lowest BCUT2D eigenvalue weighted by atomic mass is 10.0. The van der Waals surface area contributed by atoms with Crippen molar-refractivity contribution in [2.75, 3.05) is 13.1 Å². The summed E-state index contributed by atoms with van der Waals surface area (Å²) in [7, 11) is 0. The Balaban J connectivity index is 1.87. The smallest absolute Gasteiger partial charge is 0.224 e. The normalized spacial score (nSPS) is 18.4. The van der Waals surface area contributed by atoms with E-state index in [4.69, 9.17) is 5.73 Å². The fourth-order valence-corrected chi connectivity index (χ4v) is 2.63. The largest absolute Gasteiger partial charge is 0.352 e. The molecule has 2 rings (SSSR count). The Hall–Kier alpha value is -1.39. The molecule has 1 heterocycles. The summed E-state index contributed by atoms with van der Waals surface area (Å²) in [6, 6.07) is 8.36. The average molecular weight is 289 g/mol. The Bertz CT molecular complexity index is 467. The maximum atomic E-state index is 11.9. The highest BCUT2D eigenvalue weighted by Crippen LogP contribution is 2.14. The maximum absolute atomic E-state index is 11.9. The van der Waals surface area contributed by atoms with Gasteiger partial charge in [-0.3, -0.25) is 9.69 Å². The minimum Gasteiger partial charge on any atom is -0.352 e. The summed E-state index contributed by atoms with van der Waals surface area (Å²) in [6.45, 7) is 7.71. The summed E-state index contributed by atoms with van der Waals surface area (Å²) in [4.78, 5) is 14.4. The van der Waals surface area contributed by atoms with E-state index in [0.29, 0.717) is 6.54 Å². The van der Waals surface area contributed by atoms with Gasteiger partial charge >= 0.3 is 0 Å². The predicted octanol–water partition coefficient (Wildman–Crippen LogP) is 1.88. The Morgan fingerprint density at radius 3 is 2.62 bits per heavy atom. The van der Waals surface area contributed by atoms with E-state index in [1.54, 1.807) is 0 Å². The lowest BCUT2D eigenvalue weighted by Crippen LogP contribution is -2.38. The van der Waals surface area contributed by atoms with Crippen molar-refractivity contribution in [3.63, 3.8) is 0 Å². The first-order valence-corrected chi connectivity index (χ1v) is 7.89. The summed E-state index contributed by atoms with van der Waals surface area (Å²) >= 11 is 0. The molecule has 0 aromatic heterocycles. The van der Waals surface area contributed by atoms with E-state index in [9.17, 15) is 4.79 Å². The first kappa shape index (κ1) is 16.0. The van der Waals surface area contributed by atoms with E-state index < -0.39 is 0 Å². The van der Waals surface area contributed by atoms with Crippen molar-refractivity contribution in [3.05, 3.63) is 35.4 Å². The second kappa shape index (κ2) is 7.57. The fourth-order valence-electron chi connectivity index (χ4n) is 2.63. The van der Waals surface area contributed by atoms with Crippen LogP contribution in [0.1, 0.15) is 37.8 Å². The minimum atomic E-state index is -0.155. The molecular formula is C17H27N3O. The molecule has 1 aliphatic rings. The molecule has 0 radical (unpaired) electrons. The molecule has 116 valence electrons. The molecule has 1 aliphatic heterocycles. The third-order valence-electron chi connectivity index (χ3n) is 4.27. The molecule has 0 spiro atoms. The van der Waals surface area contributed by atoms with Gasteiger partial charge in [-0.25, -0.2) is 0 Å². The van der Waals surface area contributed by atoms with Crippen LogP contribution in [0.2, 0.25) is 0 Å². The van der Waals surface area contributed by atoms with Gasteiger partial charge in [0.1, 0.15) is 0 Å². The zero-order valence-corrected chi connectivity index (χ0v) is 13.1. The molecule has 4 heteroatoms. The van der Waals surface area contributed by atoms with E-state index in [-0.39, 0.29) is 17.9 Å². The van der Waals surface area contributed by atoms with Gasteiger partial charge < -0.3 is 11.1 Å². The van der Waals surface area contributed by atoms with E-state index in [0.717, 1.165) is 12.1 Å². The molecular weight excluding hydrogens is 262 g/mol. The van der Waals surface area contributed by atoms with Crippen molar-refractivity contribution < 1.29 is 4.79 Å². The highest BCUT2D eigenvalue weighted by atomic mass is 16.1. The van der Waals surface area contributed by atoms with Crippen LogP contribution in [-0.4, -0.2) is 29.9 Å². The Labute approximate surface area is 127 Å². The van der Waals surface area contributed by atoms with Gasteiger partial charge in [0, 0.05) is 25.0 Å². The molecule has 3 N–H and O–H groups in total. The summed E-state index contributed by atoms with van der Waals surface area (Å²) in [5, 5.41) is 2.97. The predicted molar refractivity (Wildman–Crippen MR) is 85.6 cm³/mol. The summed E-state index contributed by atoms with van der Waals surface area (Å²) in [5.41, 5.74) is 8.23. The highest BCUT2D eigenvalue weighted by molar-refractivity contribution is 5.78. The van der Waals surface area contributed by atoms with Crippen molar-refractivity contribution in [1.82, 2.24) is 10.2 Å². The molecule has 1 aromatic rings. The highest BCUT2D eigenvalue weighted by Gasteiger charge is 2.16. The van der Waals surface area contributed by atoms with Crippen molar-refractivity contribution in [3.8, 4) is 0 Å². The number of nitrogens with one attached hydrogen (secondary N) is 1. The van der Waals surface area contributed by atoms with Crippen LogP contribution in [0.15, 0.2) is 24.3 Å². The number of amides is 1. The lowest BCUT2D eigenvalue weighted by Gasteiger charge is -2.17. The Morgan fingerprint density at radius 2 is 1.95 bits per heavy atom. The topological polar surface area (TPSA) is 58.4 Å². The minimum absolute atomic E-state index is 0.0231. The third-order valence-corrected chi connectivity index (χ3v) is 4.27. The van der Waals surface area contributed by atoms with Crippen LogP contribution in [0.4, 0.5) is 0 Å². The molecule has 2 unspecified atom stereocenters. The van der Waals surface area contributed by atoms with Gasteiger partial charge in [-0.15, -0.1) is 0 Å². The van der Waals surface area contributed by atoms with Gasteiger partial charge in [0.25, 0.3) is 0 Å². The van der Waals surface area contributed by atoms with Crippen molar-refractivity contribution in [2.24, 2.45) is 11.7 Å². The number of nitrogens with two attached hydrogens (primary N) is 1. The fraction of sp³-hybridized carbons (Fsp3) is 0.588. The molecule has 0 bridgehead atoms. The molecule has 1 aromatic carbocycles. The van der Waals surface area contributed by atoms with E-state index >= 15 is 0 Å². The number of hydrogen-bond acceptors (Lipinski definition) is 3.